The van der Waals surface area contributed by atoms with E-state index in [4.69, 9.17) is 79.1 Å². The summed E-state index contributed by atoms with van der Waals surface area (Å²) in [7, 11) is 0. The molecular weight excluding hydrogens is 1350 g/mol. The Morgan fingerprint density at radius 1 is 0.271 bits per heavy atom. The number of rotatable bonds is 42. The molecular formula is C74H84Cl6N6O10. The van der Waals surface area contributed by atoms with Gasteiger partial charge in [0.25, 0.3) is 0 Å². The van der Waals surface area contributed by atoms with E-state index in [0.717, 1.165) is 136 Å². The zero-order valence-corrected chi connectivity index (χ0v) is 58.3. The van der Waals surface area contributed by atoms with Crippen LogP contribution >= 0.6 is 69.6 Å². The molecule has 0 aliphatic carbocycles. The number of carbonyl (C=O) groups excluding carboxylic acids is 8. The van der Waals surface area contributed by atoms with Crippen LogP contribution in [0.2, 0.25) is 30.1 Å². The Labute approximate surface area is 593 Å². The van der Waals surface area contributed by atoms with Gasteiger partial charge < -0.3 is 41.4 Å². The lowest BCUT2D eigenvalue weighted by Crippen LogP contribution is -2.44. The molecule has 0 bridgehead atoms. The minimum Gasteiger partial charge on any atom is -0.464 e. The molecule has 0 spiro atoms. The summed E-state index contributed by atoms with van der Waals surface area (Å²) in [6, 6.07) is 43.2. The Hall–Kier alpha value is -7.44. The van der Waals surface area contributed by atoms with Crippen LogP contribution < -0.4 is 31.9 Å². The Balaban J connectivity index is 0.699. The molecule has 0 aromatic heterocycles. The molecule has 6 N–H and O–H groups in total. The van der Waals surface area contributed by atoms with Crippen LogP contribution in [0.3, 0.4) is 0 Å². The highest BCUT2D eigenvalue weighted by Crippen LogP contribution is 2.45. The Morgan fingerprint density at radius 2 is 0.469 bits per heavy atom. The number of hydrogen-bond donors (Lipinski definition) is 6. The fraction of sp³-hybridized carbons (Fsp3) is 0.378. The second-order valence-corrected chi connectivity index (χ2v) is 25.9. The number of nitrogens with one attached hydrogen (secondary N) is 6. The van der Waals surface area contributed by atoms with E-state index in [0.29, 0.717) is 30.1 Å². The van der Waals surface area contributed by atoms with Crippen molar-refractivity contribution in [1.29, 1.82) is 0 Å². The Kier molecular flexibility index (Phi) is 34.2. The van der Waals surface area contributed by atoms with Crippen LogP contribution in [-0.2, 0) is 58.7 Å². The molecule has 6 aromatic rings. The zero-order valence-electron chi connectivity index (χ0n) is 53.7. The van der Waals surface area contributed by atoms with Crippen molar-refractivity contribution in [3.05, 3.63) is 221 Å². The summed E-state index contributed by atoms with van der Waals surface area (Å²) in [5.41, 5.74) is 2.63. The topological polar surface area (TPSA) is 227 Å². The number of benzene rings is 6. The molecule has 0 unspecified atom stereocenters. The summed E-state index contributed by atoms with van der Waals surface area (Å²) in [5, 5.41) is 18.4. The Morgan fingerprint density at radius 3 is 0.708 bits per heavy atom. The number of ether oxygens (including phenoxy) is 2. The zero-order chi connectivity index (χ0) is 69.0. The van der Waals surface area contributed by atoms with Gasteiger partial charge in [0.2, 0.25) is 35.4 Å². The number of carbonyl (C=O) groups is 8. The summed E-state index contributed by atoms with van der Waals surface area (Å²) < 4.78 is 10.6. The smallest absolute Gasteiger partial charge is 0.325 e. The van der Waals surface area contributed by atoms with E-state index in [2.05, 4.69) is 44.1 Å². The van der Waals surface area contributed by atoms with Crippen LogP contribution in [0.4, 0.5) is 0 Å². The molecule has 96 heavy (non-hydrogen) atoms. The van der Waals surface area contributed by atoms with Gasteiger partial charge in [0.15, 0.2) is 0 Å². The van der Waals surface area contributed by atoms with E-state index in [1.807, 2.05) is 72.8 Å². The molecule has 16 nitrogen and oxygen atoms in total. The van der Waals surface area contributed by atoms with E-state index >= 15 is 0 Å². The minimum atomic E-state index is -1.02. The van der Waals surface area contributed by atoms with E-state index in [9.17, 15) is 38.4 Å². The van der Waals surface area contributed by atoms with Gasteiger partial charge in [-0.25, -0.2) is 0 Å². The van der Waals surface area contributed by atoms with Gasteiger partial charge in [-0.1, -0.05) is 219 Å². The number of halogens is 6. The van der Waals surface area contributed by atoms with Crippen LogP contribution in [0.25, 0.3) is 0 Å². The monoisotopic (exact) mass is 1430 g/mol. The first-order chi connectivity index (χ1) is 46.4. The van der Waals surface area contributed by atoms with Crippen molar-refractivity contribution in [3.8, 4) is 0 Å². The predicted octanol–water partition coefficient (Wildman–Crippen LogP) is 14.3. The van der Waals surface area contributed by atoms with Crippen molar-refractivity contribution in [2.75, 3.05) is 52.5 Å². The van der Waals surface area contributed by atoms with Crippen molar-refractivity contribution in [3.63, 3.8) is 0 Å². The molecule has 0 saturated heterocycles. The third-order valence-electron chi connectivity index (χ3n) is 16.2. The number of esters is 2. The third-order valence-corrected chi connectivity index (χ3v) is 17.8. The third kappa shape index (κ3) is 26.9. The maximum Gasteiger partial charge on any atom is 0.325 e. The summed E-state index contributed by atoms with van der Waals surface area (Å²) in [4.78, 5) is 102. The number of unbranched alkanes of at least 4 members (excludes halogenated alkanes) is 14. The van der Waals surface area contributed by atoms with E-state index in [1.165, 1.54) is 0 Å². The van der Waals surface area contributed by atoms with Crippen LogP contribution in [0, 0.1) is 0 Å². The fourth-order valence-corrected chi connectivity index (χ4v) is 11.9. The SMILES string of the molecule is O=C(CNC(=O)CC(c1ccc(Cl)cc1)(c1ccc(Cl)cc1)c1ccc(Cl)cc1)NCC(=O)NCC(=O)OCCCCCCCCC/C=C\CCCCCCCCCOC(=O)CNC(=O)CNC(=O)CNC(=O)CC(c1ccc(Cl)cc1)(c1ccc(Cl)cc1)c1ccc(Cl)cc1. The molecule has 0 saturated carbocycles. The van der Waals surface area contributed by atoms with Crippen LogP contribution in [0.5, 0.6) is 0 Å². The molecule has 0 aliphatic heterocycles. The molecule has 512 valence electrons. The quantitative estimate of drug-likeness (QED) is 0.00919. The summed E-state index contributed by atoms with van der Waals surface area (Å²) in [6.07, 6.45) is 21.0. The molecule has 0 atom stereocenters. The van der Waals surface area contributed by atoms with Gasteiger partial charge in [0, 0.05) is 43.0 Å². The molecule has 22 heteroatoms. The molecule has 0 aliphatic rings. The van der Waals surface area contributed by atoms with Gasteiger partial charge in [-0.15, -0.1) is 0 Å². The molecule has 0 radical (unpaired) electrons. The average Bonchev–Trinajstić information content (AvgIpc) is 0.763. The second kappa shape index (κ2) is 42.3. The van der Waals surface area contributed by atoms with Gasteiger partial charge in [-0.2, -0.15) is 0 Å². The standard InChI is InChI=1S/C74H84Cl6N6O10/c75-59-31-19-53(20-32-59)73(54-21-33-60(76)34-22-54,55-23-35-61(77)36-24-55)45-65(87)81-47-67(89)83-49-69(91)85-51-71(93)95-43-17-15-13-11-9-7-5-3-1-2-4-6-8-10-12-14-16-18-44-96-72(94)52-86-70(92)50-84-68(90)48-82-66(88)46-74(56-25-37-62(78)38-26-56,57-27-39-63(79)40-28-57)58-29-41-64(80)42-30-58/h1-2,19-42H,3-18,43-52H2,(H,81,87)(H,82,88)(H,83,89)(H,84,90)(H,85,91)(H,86,92)/b2-1-. The van der Waals surface area contributed by atoms with Crippen molar-refractivity contribution in [2.45, 2.75) is 126 Å². The van der Waals surface area contributed by atoms with Gasteiger partial charge in [0.1, 0.15) is 13.1 Å². The lowest BCUT2D eigenvalue weighted by atomic mass is 9.67. The summed E-state index contributed by atoms with van der Waals surface area (Å²) in [5.74, 6) is -4.33. The number of amides is 6. The van der Waals surface area contributed by atoms with Crippen LogP contribution in [0.1, 0.15) is 149 Å². The normalized spacial score (nSPS) is 11.4. The summed E-state index contributed by atoms with van der Waals surface area (Å²) >= 11 is 37.6. The van der Waals surface area contributed by atoms with Crippen molar-refractivity contribution < 1.29 is 47.8 Å². The predicted molar refractivity (Wildman–Crippen MR) is 381 cm³/mol. The highest BCUT2D eigenvalue weighted by Gasteiger charge is 2.40. The second-order valence-electron chi connectivity index (χ2n) is 23.3. The first-order valence-electron chi connectivity index (χ1n) is 32.5. The van der Waals surface area contributed by atoms with Crippen LogP contribution in [0.15, 0.2) is 158 Å². The highest BCUT2D eigenvalue weighted by atomic mass is 35.5. The van der Waals surface area contributed by atoms with Gasteiger partial charge >= 0.3 is 11.9 Å². The maximum absolute atomic E-state index is 13.7. The molecule has 6 aromatic carbocycles. The van der Waals surface area contributed by atoms with E-state index in [1.54, 1.807) is 72.8 Å². The van der Waals surface area contributed by atoms with Gasteiger partial charge in [-0.3, -0.25) is 38.4 Å². The van der Waals surface area contributed by atoms with Crippen molar-refractivity contribution in [1.82, 2.24) is 31.9 Å². The summed E-state index contributed by atoms with van der Waals surface area (Å²) in [6.45, 7) is -1.70. The van der Waals surface area contributed by atoms with Crippen molar-refractivity contribution >= 4 is 117 Å². The average molecular weight is 1430 g/mol. The molecule has 6 amide bonds. The number of allylic oxidation sites excluding steroid dienone is 2. The highest BCUT2D eigenvalue weighted by molar-refractivity contribution is 6.32. The Bertz CT molecular complexity index is 3020. The lowest BCUT2D eigenvalue weighted by molar-refractivity contribution is -0.144. The molecule has 0 heterocycles. The lowest BCUT2D eigenvalue weighted by Gasteiger charge is -2.35. The van der Waals surface area contributed by atoms with Crippen LogP contribution in [-0.4, -0.2) is 99.9 Å². The first kappa shape index (κ1) is 77.6. The largest absolute Gasteiger partial charge is 0.464 e. The van der Waals surface area contributed by atoms with Gasteiger partial charge in [-0.05, 0) is 145 Å². The maximum atomic E-state index is 13.7. The van der Waals surface area contributed by atoms with E-state index in [-0.39, 0.29) is 52.2 Å². The number of hydrogen-bond acceptors (Lipinski definition) is 10. The first-order valence-corrected chi connectivity index (χ1v) is 34.8. The fourth-order valence-electron chi connectivity index (χ4n) is 11.1. The van der Waals surface area contributed by atoms with E-state index < -0.39 is 71.3 Å². The molecule has 6 rings (SSSR count). The molecule has 0 fully saturated rings. The van der Waals surface area contributed by atoms with Crippen molar-refractivity contribution in [2.24, 2.45) is 0 Å². The minimum absolute atomic E-state index is 0.0885. The van der Waals surface area contributed by atoms with Gasteiger partial charge in [0.05, 0.1) is 50.2 Å².